The highest BCUT2D eigenvalue weighted by atomic mass is 32.1. The first-order valence-electron chi connectivity index (χ1n) is 29.3. The molecule has 5 N–H and O–H groups in total. The Morgan fingerprint density at radius 2 is 1.54 bits per heavy atom. The quantitative estimate of drug-likeness (QED) is 0.0700. The zero-order valence-corrected chi connectivity index (χ0v) is 47.8. The highest BCUT2D eigenvalue weighted by Crippen LogP contribution is 2.41. The topological polar surface area (TPSA) is 219 Å². The summed E-state index contributed by atoms with van der Waals surface area (Å²) >= 11 is 1.60. The van der Waals surface area contributed by atoms with Gasteiger partial charge in [-0.1, -0.05) is 55.4 Å². The fourth-order valence-electron chi connectivity index (χ4n) is 13.6. The SMILES string of the molecule is Cc1ncsc1-c1ccc([C@H](C)NC(=O)[C@@H]2C[C@@H](O)CN2C(=O)[C@@H](c2cc(N3CCC(CN4CCN(C[C@H]5C[C@H](Oc6cc(N7C8CCC7CN(c7cc(-c9ccccc9O)nnc7N)C8)ccn6)C5)CC4)CC3)no2)C(C)C)cc1. The Morgan fingerprint density at radius 3 is 2.23 bits per heavy atom. The number of pyridine rings is 1. The molecule has 1 saturated carbocycles. The summed E-state index contributed by atoms with van der Waals surface area (Å²) in [6.07, 6.45) is 7.86. The molecule has 2 unspecified atom stereocenters. The number of β-amino-alcohol motifs (C(OH)–C–C–N with tert-alkyl or cyclic N) is 1. The van der Waals surface area contributed by atoms with Crippen molar-refractivity contribution in [3.63, 3.8) is 0 Å². The van der Waals surface area contributed by atoms with Gasteiger partial charge in [-0.15, -0.1) is 21.5 Å². The predicted octanol–water partition coefficient (Wildman–Crippen LogP) is 7.37. The molecule has 12 rings (SSSR count). The number of nitrogens with zero attached hydrogens (tertiary/aromatic N) is 11. The smallest absolute Gasteiger partial charge is 0.243 e. The Labute approximate surface area is 478 Å². The molecule has 19 nitrogen and oxygen atoms in total. The van der Waals surface area contributed by atoms with Gasteiger partial charge in [0.15, 0.2) is 17.4 Å². The zero-order chi connectivity index (χ0) is 55.9. The Kier molecular flexibility index (Phi) is 15.9. The standard InChI is InChI=1S/C61H77N13O6S/c1-37(2)57(61(78)73-35-47(75)28-52(73)60(77)65-38(3)42-9-11-43(12-10-42)58-39(4)64-36-81-58)54-30-55(68-80-54)71-19-16-40(17-20-71)31-69-21-23-70(24-22-69)32-41-25-48(26-41)79-56-27-44(15-18-63-56)74-45-13-14-46(74)34-72(33-45)51-29-50(66-67-59(51)62)49-7-5-6-8-53(49)76/h5-12,15,18,27,29-30,36-38,40-41,45-48,52,57,75-76H,13-14,16-17,19-26,28,31-35H2,1-4H3,(H2,62,67)(H,65,77)/t38-,41-,45?,46?,47+,48-,52-,57+/m0/s1. The normalized spacial score (nSPS) is 24.4. The van der Waals surface area contributed by atoms with Crippen LogP contribution in [0.1, 0.15) is 94.7 Å². The van der Waals surface area contributed by atoms with Gasteiger partial charge in [0.2, 0.25) is 17.7 Å². The number of nitrogens with one attached hydrogen (secondary N) is 1. The number of aromatic hydroxyl groups is 1. The van der Waals surface area contributed by atoms with Crippen LogP contribution in [0.3, 0.4) is 0 Å². The van der Waals surface area contributed by atoms with Gasteiger partial charge in [0.05, 0.1) is 39.6 Å². The first-order chi connectivity index (χ1) is 39.3. The number of hydrogen-bond donors (Lipinski definition) is 4. The molecular formula is C61H77N13O6S. The minimum Gasteiger partial charge on any atom is -0.507 e. The number of nitrogen functional groups attached to an aromatic ring is 1. The van der Waals surface area contributed by atoms with E-state index < -0.39 is 18.1 Å². The fraction of sp³-hybridized carbons (Fsp3) is 0.525. The number of aryl methyl sites for hydroxylation is 1. The number of benzene rings is 2. The lowest BCUT2D eigenvalue weighted by Gasteiger charge is -2.44. The third kappa shape index (κ3) is 11.8. The fourth-order valence-corrected chi connectivity index (χ4v) is 14.4. The Hall–Kier alpha value is -6.87. The average molecular weight is 1120 g/mol. The number of carbonyl (C=O) groups is 2. The molecule has 9 heterocycles. The molecule has 5 aliphatic heterocycles. The molecule has 2 amide bonds. The third-order valence-electron chi connectivity index (χ3n) is 18.1. The minimum absolute atomic E-state index is 0.0888. The van der Waals surface area contributed by atoms with E-state index in [4.69, 9.17) is 15.0 Å². The lowest BCUT2D eigenvalue weighted by atomic mass is 9.81. The number of ether oxygens (including phenoxy) is 1. The highest BCUT2D eigenvalue weighted by molar-refractivity contribution is 7.13. The molecule has 4 aromatic heterocycles. The summed E-state index contributed by atoms with van der Waals surface area (Å²) in [6.45, 7) is 17.9. The second-order valence-corrected chi connectivity index (χ2v) is 24.9. The van der Waals surface area contributed by atoms with Gasteiger partial charge in [0, 0.05) is 120 Å². The lowest BCUT2D eigenvalue weighted by molar-refractivity contribution is -0.141. The number of piperidine rings is 1. The maximum atomic E-state index is 14.4. The van der Waals surface area contributed by atoms with Crippen molar-refractivity contribution in [1.82, 2.24) is 45.3 Å². The first-order valence-corrected chi connectivity index (χ1v) is 30.2. The molecule has 6 aliphatic rings. The van der Waals surface area contributed by atoms with Gasteiger partial charge < -0.3 is 59.9 Å². The summed E-state index contributed by atoms with van der Waals surface area (Å²) < 4.78 is 12.5. The van der Waals surface area contributed by atoms with Gasteiger partial charge in [-0.25, -0.2) is 9.97 Å². The highest BCUT2D eigenvalue weighted by Gasteiger charge is 2.45. The number of aromatic nitrogens is 5. The predicted molar refractivity (Wildman–Crippen MR) is 313 cm³/mol. The summed E-state index contributed by atoms with van der Waals surface area (Å²) in [7, 11) is 0. The molecule has 1 aliphatic carbocycles. The number of carbonyl (C=O) groups excluding carboxylic acids is 2. The Bertz CT molecular complexity index is 3140. The molecule has 428 valence electrons. The van der Waals surface area contributed by atoms with Gasteiger partial charge in [0.1, 0.15) is 23.8 Å². The number of anilines is 4. The summed E-state index contributed by atoms with van der Waals surface area (Å²) in [4.78, 5) is 52.4. The van der Waals surface area contributed by atoms with E-state index >= 15 is 0 Å². The number of hydrogen-bond acceptors (Lipinski definition) is 18. The number of thiazole rings is 1. The van der Waals surface area contributed by atoms with Crippen LogP contribution in [0.2, 0.25) is 0 Å². The van der Waals surface area contributed by atoms with Crippen molar-refractivity contribution in [1.29, 1.82) is 0 Å². The van der Waals surface area contributed by atoms with Crippen molar-refractivity contribution in [2.45, 2.75) is 115 Å². The van der Waals surface area contributed by atoms with Crippen LogP contribution >= 0.6 is 11.3 Å². The molecule has 20 heteroatoms. The van der Waals surface area contributed by atoms with E-state index in [1.54, 1.807) is 28.4 Å². The van der Waals surface area contributed by atoms with Gasteiger partial charge in [-0.2, -0.15) is 0 Å². The minimum atomic E-state index is -0.799. The molecule has 6 aromatic rings. The molecule has 5 saturated heterocycles. The number of aliphatic hydroxyl groups is 1. The Balaban J connectivity index is 0.564. The number of phenolic OH excluding ortho intramolecular Hbond substituents is 1. The molecule has 0 spiro atoms. The number of piperazine rings is 2. The van der Waals surface area contributed by atoms with Crippen molar-refractivity contribution >= 4 is 46.2 Å². The lowest BCUT2D eigenvalue weighted by Crippen LogP contribution is -2.54. The second-order valence-electron chi connectivity index (χ2n) is 24.0. The number of rotatable bonds is 17. The van der Waals surface area contributed by atoms with Crippen molar-refractivity contribution in [2.75, 3.05) is 92.4 Å². The van der Waals surface area contributed by atoms with Gasteiger partial charge in [0.25, 0.3) is 0 Å². The second kappa shape index (κ2) is 23.5. The van der Waals surface area contributed by atoms with Crippen LogP contribution in [-0.4, -0.2) is 164 Å². The van der Waals surface area contributed by atoms with Crippen molar-refractivity contribution in [3.05, 3.63) is 102 Å². The molecule has 6 fully saturated rings. The van der Waals surface area contributed by atoms with E-state index in [0.29, 0.717) is 52.6 Å². The average Bonchev–Trinajstić information content (AvgIpc) is 4.28. The number of amides is 2. The third-order valence-corrected chi connectivity index (χ3v) is 19.1. The summed E-state index contributed by atoms with van der Waals surface area (Å²) in [6, 6.07) is 22.9. The van der Waals surface area contributed by atoms with E-state index in [2.05, 4.69) is 67.3 Å². The summed E-state index contributed by atoms with van der Waals surface area (Å²) in [5.41, 5.74) is 14.5. The summed E-state index contributed by atoms with van der Waals surface area (Å²) in [5, 5.41) is 37.5. The summed E-state index contributed by atoms with van der Waals surface area (Å²) in [5.74, 6) is 2.46. The maximum Gasteiger partial charge on any atom is 0.243 e. The van der Waals surface area contributed by atoms with Crippen molar-refractivity contribution < 1.29 is 29.1 Å². The van der Waals surface area contributed by atoms with Crippen LogP contribution in [0.4, 0.5) is 23.0 Å². The number of fused-ring (bicyclic) bond motifs is 2. The van der Waals surface area contributed by atoms with Crippen LogP contribution in [0.5, 0.6) is 11.6 Å². The molecule has 2 aromatic carbocycles. The number of likely N-dealkylation sites (tertiary alicyclic amines) is 1. The van der Waals surface area contributed by atoms with E-state index in [0.717, 1.165) is 143 Å². The van der Waals surface area contributed by atoms with Gasteiger partial charge >= 0.3 is 0 Å². The monoisotopic (exact) mass is 1120 g/mol. The van der Waals surface area contributed by atoms with Crippen LogP contribution < -0.4 is 30.5 Å². The molecule has 0 radical (unpaired) electrons. The van der Waals surface area contributed by atoms with Crippen LogP contribution in [0.15, 0.2) is 89.0 Å². The molecular weight excluding hydrogens is 1040 g/mol. The van der Waals surface area contributed by atoms with Crippen LogP contribution in [0.25, 0.3) is 21.7 Å². The number of para-hydroxylation sites is 1. The molecule has 81 heavy (non-hydrogen) atoms. The first kappa shape index (κ1) is 54.7. The van der Waals surface area contributed by atoms with E-state index in [1.807, 2.05) is 87.9 Å². The number of phenols is 1. The Morgan fingerprint density at radius 1 is 0.827 bits per heavy atom. The van der Waals surface area contributed by atoms with E-state index in [9.17, 15) is 19.8 Å². The zero-order valence-electron chi connectivity index (χ0n) is 47.0. The van der Waals surface area contributed by atoms with E-state index in [1.165, 1.54) is 0 Å². The molecule has 6 atom stereocenters. The van der Waals surface area contributed by atoms with Crippen molar-refractivity contribution in [2.24, 2.45) is 17.8 Å². The van der Waals surface area contributed by atoms with Crippen LogP contribution in [0, 0.1) is 24.7 Å². The maximum absolute atomic E-state index is 14.4. The van der Waals surface area contributed by atoms with Gasteiger partial charge in [-0.3, -0.25) is 9.59 Å². The number of aliphatic hydroxyl groups excluding tert-OH is 1. The van der Waals surface area contributed by atoms with E-state index in [-0.39, 0.29) is 48.6 Å². The van der Waals surface area contributed by atoms with Gasteiger partial charge in [-0.05, 0) is 106 Å². The number of nitrogens with two attached hydrogens (primary N) is 1. The van der Waals surface area contributed by atoms with Crippen molar-refractivity contribution in [3.8, 4) is 33.3 Å². The molecule has 2 bridgehead atoms. The van der Waals surface area contributed by atoms with Crippen LogP contribution in [-0.2, 0) is 9.59 Å². The largest absolute Gasteiger partial charge is 0.507 e.